The molecule has 3 aromatic rings. The number of rotatable bonds is 4. The van der Waals surface area contributed by atoms with Crippen molar-refractivity contribution in [2.24, 2.45) is 0 Å². The minimum atomic E-state index is -0.838. The van der Waals surface area contributed by atoms with Crippen molar-refractivity contribution in [3.8, 4) is 28.1 Å². The van der Waals surface area contributed by atoms with Crippen LogP contribution in [0.25, 0.3) is 22.4 Å². The van der Waals surface area contributed by atoms with Crippen molar-refractivity contribution in [2.45, 2.75) is 51.8 Å². The maximum Gasteiger partial charge on any atom is 0.416 e. The molecule has 0 aliphatic carbocycles. The third kappa shape index (κ3) is 3.75. The van der Waals surface area contributed by atoms with Crippen LogP contribution in [0.4, 0.5) is 9.93 Å². The zero-order valence-electron chi connectivity index (χ0n) is 18.6. The SMILES string of the molecule is CC(C)(O)Cn1cc(-c2ccc3c(c2)OCCc2sc(N4C(=O)OCC4(C)C)nc2-3)cn1. The van der Waals surface area contributed by atoms with Crippen molar-refractivity contribution in [3.05, 3.63) is 35.5 Å². The molecule has 9 heteroatoms. The van der Waals surface area contributed by atoms with E-state index in [2.05, 4.69) is 5.10 Å². The molecule has 0 saturated carbocycles. The van der Waals surface area contributed by atoms with E-state index in [9.17, 15) is 9.90 Å². The van der Waals surface area contributed by atoms with Crippen LogP contribution in [0.1, 0.15) is 32.6 Å². The molecule has 4 heterocycles. The number of hydrogen-bond acceptors (Lipinski definition) is 7. The normalized spacial score (nSPS) is 17.4. The molecule has 32 heavy (non-hydrogen) atoms. The lowest BCUT2D eigenvalue weighted by Crippen LogP contribution is -2.42. The summed E-state index contributed by atoms with van der Waals surface area (Å²) < 4.78 is 13.1. The number of aromatic nitrogens is 3. The third-order valence-electron chi connectivity index (χ3n) is 5.55. The Hall–Kier alpha value is -2.91. The summed E-state index contributed by atoms with van der Waals surface area (Å²) in [7, 11) is 0. The second-order valence-corrected chi connectivity index (χ2v) is 10.6. The number of carbonyl (C=O) groups excluding carboxylic acids is 1. The molecule has 0 unspecified atom stereocenters. The molecule has 2 aliphatic heterocycles. The Morgan fingerprint density at radius 2 is 2.06 bits per heavy atom. The quantitative estimate of drug-likeness (QED) is 0.638. The summed E-state index contributed by atoms with van der Waals surface area (Å²) in [6, 6.07) is 6.04. The molecule has 8 nitrogen and oxygen atoms in total. The molecule has 1 amide bonds. The molecule has 1 saturated heterocycles. The number of aliphatic hydroxyl groups is 1. The number of amides is 1. The average molecular weight is 455 g/mol. The smallest absolute Gasteiger partial charge is 0.416 e. The van der Waals surface area contributed by atoms with E-state index in [1.807, 2.05) is 38.2 Å². The highest BCUT2D eigenvalue weighted by Crippen LogP contribution is 2.43. The number of nitrogens with zero attached hydrogens (tertiary/aromatic N) is 4. The van der Waals surface area contributed by atoms with Gasteiger partial charge in [0.2, 0.25) is 0 Å². The number of thiazole rings is 1. The van der Waals surface area contributed by atoms with E-state index in [4.69, 9.17) is 14.5 Å². The molecule has 1 fully saturated rings. The molecule has 0 radical (unpaired) electrons. The fourth-order valence-electron chi connectivity index (χ4n) is 4.03. The molecule has 2 aliphatic rings. The second kappa shape index (κ2) is 7.31. The van der Waals surface area contributed by atoms with E-state index >= 15 is 0 Å². The average Bonchev–Trinajstić information content (AvgIpc) is 3.36. The Morgan fingerprint density at radius 3 is 2.78 bits per heavy atom. The van der Waals surface area contributed by atoms with Gasteiger partial charge in [-0.15, -0.1) is 11.3 Å². The van der Waals surface area contributed by atoms with E-state index in [0.717, 1.165) is 39.4 Å². The van der Waals surface area contributed by atoms with Crippen LogP contribution in [-0.4, -0.2) is 50.3 Å². The lowest BCUT2D eigenvalue weighted by atomic mass is 10.0. The van der Waals surface area contributed by atoms with Gasteiger partial charge in [-0.05, 0) is 45.4 Å². The van der Waals surface area contributed by atoms with Crippen molar-refractivity contribution in [1.82, 2.24) is 14.8 Å². The second-order valence-electron chi connectivity index (χ2n) is 9.52. The predicted octanol–water partition coefficient (Wildman–Crippen LogP) is 4.11. The summed E-state index contributed by atoms with van der Waals surface area (Å²) in [6.07, 6.45) is 4.08. The van der Waals surface area contributed by atoms with Gasteiger partial charge in [0.25, 0.3) is 0 Å². The van der Waals surface area contributed by atoms with E-state index in [-0.39, 0.29) is 6.09 Å². The lowest BCUT2D eigenvalue weighted by molar-refractivity contribution is 0.0577. The van der Waals surface area contributed by atoms with Crippen molar-refractivity contribution >= 4 is 22.6 Å². The monoisotopic (exact) mass is 454 g/mol. The van der Waals surface area contributed by atoms with Gasteiger partial charge >= 0.3 is 6.09 Å². The molecule has 1 aromatic carbocycles. The minimum absolute atomic E-state index is 0.348. The first kappa shape index (κ1) is 21.0. The Balaban J connectivity index is 1.49. The van der Waals surface area contributed by atoms with Crippen LogP contribution < -0.4 is 9.64 Å². The molecular formula is C23H26N4O4S. The molecule has 0 spiro atoms. The number of cyclic esters (lactones) is 1. The standard InChI is InChI=1S/C23H26N4O4S/c1-22(2)13-31-21(28)27(22)20-25-19-16-6-5-14(9-17(16)30-8-7-18(19)32-20)15-10-24-26(11-15)12-23(3,4)29/h5-6,9-11,29H,7-8,12-13H2,1-4H3. The van der Waals surface area contributed by atoms with E-state index in [1.54, 1.807) is 29.6 Å². The van der Waals surface area contributed by atoms with Crippen LogP contribution in [0, 0.1) is 0 Å². The Bertz CT molecular complexity index is 1190. The number of anilines is 1. The summed E-state index contributed by atoms with van der Waals surface area (Å²) >= 11 is 1.52. The van der Waals surface area contributed by atoms with E-state index in [1.165, 1.54) is 11.3 Å². The molecule has 2 aromatic heterocycles. The number of benzene rings is 1. The summed E-state index contributed by atoms with van der Waals surface area (Å²) in [5.41, 5.74) is 2.43. The zero-order chi connectivity index (χ0) is 22.7. The minimum Gasteiger partial charge on any atom is -0.492 e. The number of carbonyl (C=O) groups is 1. The summed E-state index contributed by atoms with van der Waals surface area (Å²) in [5, 5.41) is 15.1. The largest absolute Gasteiger partial charge is 0.492 e. The van der Waals surface area contributed by atoms with E-state index in [0.29, 0.717) is 24.9 Å². The highest BCUT2D eigenvalue weighted by atomic mass is 32.1. The van der Waals surface area contributed by atoms with Gasteiger partial charge < -0.3 is 14.6 Å². The lowest BCUT2D eigenvalue weighted by Gasteiger charge is -2.25. The predicted molar refractivity (Wildman–Crippen MR) is 122 cm³/mol. The van der Waals surface area contributed by atoms with Gasteiger partial charge in [0.05, 0.1) is 36.2 Å². The fraction of sp³-hybridized carbons (Fsp3) is 0.435. The van der Waals surface area contributed by atoms with Gasteiger partial charge in [-0.25, -0.2) is 14.7 Å². The highest BCUT2D eigenvalue weighted by Gasteiger charge is 2.43. The van der Waals surface area contributed by atoms with Crippen molar-refractivity contribution in [2.75, 3.05) is 18.1 Å². The fourth-order valence-corrected chi connectivity index (χ4v) is 5.24. The maximum atomic E-state index is 12.3. The van der Waals surface area contributed by atoms with E-state index < -0.39 is 11.1 Å². The zero-order valence-corrected chi connectivity index (χ0v) is 19.4. The molecule has 168 valence electrons. The summed E-state index contributed by atoms with van der Waals surface area (Å²) in [4.78, 5) is 19.9. The Kier molecular flexibility index (Phi) is 4.79. The number of hydrogen-bond donors (Lipinski definition) is 1. The van der Waals surface area contributed by atoms with Gasteiger partial charge in [0, 0.05) is 28.6 Å². The van der Waals surface area contributed by atoms with Gasteiger partial charge in [0.15, 0.2) is 5.13 Å². The first-order valence-electron chi connectivity index (χ1n) is 10.6. The van der Waals surface area contributed by atoms with Crippen LogP contribution in [0.3, 0.4) is 0 Å². The van der Waals surface area contributed by atoms with Crippen molar-refractivity contribution < 1.29 is 19.4 Å². The first-order valence-corrected chi connectivity index (χ1v) is 11.4. The number of fused-ring (bicyclic) bond motifs is 3. The summed E-state index contributed by atoms with van der Waals surface area (Å²) in [6.45, 7) is 8.77. The van der Waals surface area contributed by atoms with Gasteiger partial charge in [0.1, 0.15) is 12.4 Å². The summed E-state index contributed by atoms with van der Waals surface area (Å²) in [5.74, 6) is 0.761. The van der Waals surface area contributed by atoms with Crippen LogP contribution >= 0.6 is 11.3 Å². The number of ether oxygens (including phenoxy) is 2. The van der Waals surface area contributed by atoms with Crippen LogP contribution in [-0.2, 0) is 17.7 Å². The van der Waals surface area contributed by atoms with Gasteiger partial charge in [-0.2, -0.15) is 5.10 Å². The Labute approximate surface area is 190 Å². The maximum absolute atomic E-state index is 12.3. The van der Waals surface area contributed by atoms with Gasteiger partial charge in [-0.1, -0.05) is 6.07 Å². The van der Waals surface area contributed by atoms with Crippen molar-refractivity contribution in [3.63, 3.8) is 0 Å². The third-order valence-corrected chi connectivity index (χ3v) is 6.65. The Morgan fingerprint density at radius 1 is 1.25 bits per heavy atom. The van der Waals surface area contributed by atoms with Crippen molar-refractivity contribution in [1.29, 1.82) is 0 Å². The van der Waals surface area contributed by atoms with Crippen LogP contribution in [0.5, 0.6) is 5.75 Å². The highest BCUT2D eigenvalue weighted by molar-refractivity contribution is 7.16. The van der Waals surface area contributed by atoms with Crippen LogP contribution in [0.2, 0.25) is 0 Å². The topological polar surface area (TPSA) is 89.7 Å². The molecule has 0 atom stereocenters. The van der Waals surface area contributed by atoms with Crippen LogP contribution in [0.15, 0.2) is 30.6 Å². The van der Waals surface area contributed by atoms with Gasteiger partial charge in [-0.3, -0.25) is 4.68 Å². The molecule has 1 N–H and O–H groups in total. The molecule has 0 bridgehead atoms. The first-order chi connectivity index (χ1) is 15.1. The molecular weight excluding hydrogens is 428 g/mol. The molecule has 5 rings (SSSR count).